The van der Waals surface area contributed by atoms with Crippen LogP contribution in [0.4, 0.5) is 0 Å². The highest BCUT2D eigenvalue weighted by atomic mass is 16.5. The molecule has 2 rings (SSSR count). The highest BCUT2D eigenvalue weighted by Crippen LogP contribution is 2.11. The third-order valence-electron chi connectivity index (χ3n) is 3.98. The van der Waals surface area contributed by atoms with Crippen LogP contribution in [0.1, 0.15) is 31.4 Å². The van der Waals surface area contributed by atoms with E-state index in [1.54, 1.807) is 0 Å². The topological polar surface area (TPSA) is 29.5 Å². The van der Waals surface area contributed by atoms with Gasteiger partial charge in [-0.3, -0.25) is 4.79 Å². The zero-order chi connectivity index (χ0) is 16.5. The van der Waals surface area contributed by atoms with Gasteiger partial charge in [-0.05, 0) is 24.5 Å². The molecule has 0 aromatic heterocycles. The minimum Gasteiger partial charge on any atom is -0.367 e. The van der Waals surface area contributed by atoms with Gasteiger partial charge in [0.1, 0.15) is 6.61 Å². The van der Waals surface area contributed by atoms with Gasteiger partial charge in [-0.15, -0.1) is 0 Å². The molecule has 1 atom stereocenters. The molecule has 0 spiro atoms. The van der Waals surface area contributed by atoms with E-state index in [4.69, 9.17) is 4.74 Å². The van der Waals surface area contributed by atoms with Gasteiger partial charge in [0.15, 0.2) is 0 Å². The molecule has 0 aliphatic heterocycles. The summed E-state index contributed by atoms with van der Waals surface area (Å²) in [6.45, 7) is 5.39. The molecule has 0 saturated heterocycles. The van der Waals surface area contributed by atoms with E-state index in [1.807, 2.05) is 65.6 Å². The minimum atomic E-state index is 0.0409. The zero-order valence-corrected chi connectivity index (χ0v) is 13.9. The van der Waals surface area contributed by atoms with Crippen LogP contribution in [0.15, 0.2) is 60.7 Å². The van der Waals surface area contributed by atoms with Gasteiger partial charge in [0.2, 0.25) is 5.91 Å². The van der Waals surface area contributed by atoms with Crippen molar-refractivity contribution in [3.63, 3.8) is 0 Å². The lowest BCUT2D eigenvalue weighted by Gasteiger charge is -2.28. The number of nitrogens with zero attached hydrogens (tertiary/aromatic N) is 1. The predicted molar refractivity (Wildman–Crippen MR) is 92.8 cm³/mol. The second-order valence-corrected chi connectivity index (χ2v) is 5.74. The van der Waals surface area contributed by atoms with Crippen LogP contribution in [-0.2, 0) is 22.7 Å². The Morgan fingerprint density at radius 1 is 1.00 bits per heavy atom. The van der Waals surface area contributed by atoms with E-state index in [-0.39, 0.29) is 18.6 Å². The molecule has 0 aliphatic carbocycles. The molecule has 23 heavy (non-hydrogen) atoms. The van der Waals surface area contributed by atoms with E-state index in [0.29, 0.717) is 13.2 Å². The second-order valence-electron chi connectivity index (χ2n) is 5.74. The highest BCUT2D eigenvalue weighted by Gasteiger charge is 2.19. The number of rotatable bonds is 8. The van der Waals surface area contributed by atoms with Crippen molar-refractivity contribution < 1.29 is 9.53 Å². The Labute approximate surface area is 138 Å². The van der Waals surface area contributed by atoms with Crippen molar-refractivity contribution in [3.8, 4) is 0 Å². The largest absolute Gasteiger partial charge is 0.367 e. The van der Waals surface area contributed by atoms with Crippen LogP contribution >= 0.6 is 0 Å². The number of benzene rings is 2. The lowest BCUT2D eigenvalue weighted by atomic mass is 10.1. The number of carbonyl (C=O) groups excluding carboxylic acids is 1. The van der Waals surface area contributed by atoms with E-state index >= 15 is 0 Å². The van der Waals surface area contributed by atoms with Crippen LogP contribution < -0.4 is 0 Å². The van der Waals surface area contributed by atoms with Gasteiger partial charge >= 0.3 is 0 Å². The Morgan fingerprint density at radius 2 is 1.57 bits per heavy atom. The van der Waals surface area contributed by atoms with Gasteiger partial charge in [0.05, 0.1) is 6.61 Å². The van der Waals surface area contributed by atoms with E-state index in [9.17, 15) is 4.79 Å². The van der Waals surface area contributed by atoms with Crippen molar-refractivity contribution in [3.05, 3.63) is 71.8 Å². The molecule has 0 saturated carbocycles. The van der Waals surface area contributed by atoms with Crippen LogP contribution in [0.5, 0.6) is 0 Å². The maximum Gasteiger partial charge on any atom is 0.249 e. The molecule has 0 fully saturated rings. The third-order valence-corrected chi connectivity index (χ3v) is 3.98. The highest BCUT2D eigenvalue weighted by molar-refractivity contribution is 5.77. The van der Waals surface area contributed by atoms with Gasteiger partial charge in [-0.2, -0.15) is 0 Å². The molecule has 2 aromatic carbocycles. The first-order valence-electron chi connectivity index (χ1n) is 8.15. The monoisotopic (exact) mass is 311 g/mol. The summed E-state index contributed by atoms with van der Waals surface area (Å²) in [5.41, 5.74) is 2.22. The quantitative estimate of drug-likeness (QED) is 0.736. The SMILES string of the molecule is CCC(C)N(Cc1ccccc1)C(=O)COCc1ccccc1. The number of carbonyl (C=O) groups is 1. The Kier molecular flexibility index (Phi) is 6.82. The molecule has 122 valence electrons. The summed E-state index contributed by atoms with van der Waals surface area (Å²) < 4.78 is 5.60. The maximum atomic E-state index is 12.5. The third kappa shape index (κ3) is 5.53. The van der Waals surface area contributed by atoms with E-state index in [0.717, 1.165) is 17.5 Å². The van der Waals surface area contributed by atoms with Crippen LogP contribution in [-0.4, -0.2) is 23.5 Å². The summed E-state index contributed by atoms with van der Waals surface area (Å²) >= 11 is 0. The van der Waals surface area contributed by atoms with Gasteiger partial charge in [0.25, 0.3) is 0 Å². The second kappa shape index (κ2) is 9.11. The Hall–Kier alpha value is -2.13. The normalized spacial score (nSPS) is 11.9. The summed E-state index contributed by atoms with van der Waals surface area (Å²) in [5.74, 6) is 0.0409. The van der Waals surface area contributed by atoms with Gasteiger partial charge < -0.3 is 9.64 Å². The smallest absolute Gasteiger partial charge is 0.249 e. The molecule has 0 radical (unpaired) electrons. The number of hydrogen-bond acceptors (Lipinski definition) is 2. The molecule has 0 bridgehead atoms. The maximum absolute atomic E-state index is 12.5. The fourth-order valence-corrected chi connectivity index (χ4v) is 2.40. The van der Waals surface area contributed by atoms with Crippen LogP contribution in [0.3, 0.4) is 0 Å². The number of amides is 1. The Morgan fingerprint density at radius 3 is 2.13 bits per heavy atom. The lowest BCUT2D eigenvalue weighted by Crippen LogP contribution is -2.40. The van der Waals surface area contributed by atoms with Crippen LogP contribution in [0.2, 0.25) is 0 Å². The molecular weight excluding hydrogens is 286 g/mol. The lowest BCUT2D eigenvalue weighted by molar-refractivity contribution is -0.139. The van der Waals surface area contributed by atoms with Crippen molar-refractivity contribution in [2.24, 2.45) is 0 Å². The van der Waals surface area contributed by atoms with E-state index in [2.05, 4.69) is 13.8 Å². The molecular formula is C20H25NO2. The molecule has 2 aromatic rings. The van der Waals surface area contributed by atoms with Crippen molar-refractivity contribution in [2.75, 3.05) is 6.61 Å². The molecule has 0 N–H and O–H groups in total. The molecule has 3 heteroatoms. The fraction of sp³-hybridized carbons (Fsp3) is 0.350. The number of ether oxygens (including phenoxy) is 1. The van der Waals surface area contributed by atoms with Crippen LogP contribution in [0.25, 0.3) is 0 Å². The van der Waals surface area contributed by atoms with E-state index in [1.165, 1.54) is 0 Å². The summed E-state index contributed by atoms with van der Waals surface area (Å²) in [4.78, 5) is 14.4. The first-order chi connectivity index (χ1) is 11.2. The summed E-state index contributed by atoms with van der Waals surface area (Å²) in [6, 6.07) is 20.2. The van der Waals surface area contributed by atoms with Gasteiger partial charge in [-0.25, -0.2) is 0 Å². The van der Waals surface area contributed by atoms with Crippen molar-refractivity contribution in [2.45, 2.75) is 39.5 Å². The van der Waals surface area contributed by atoms with Crippen LogP contribution in [0, 0.1) is 0 Å². The predicted octanol–water partition coefficient (Wildman–Crippen LogP) is 4.03. The zero-order valence-electron chi connectivity index (χ0n) is 13.9. The first kappa shape index (κ1) is 17.2. The molecule has 0 heterocycles. The number of hydrogen-bond donors (Lipinski definition) is 0. The average molecular weight is 311 g/mol. The summed E-state index contributed by atoms with van der Waals surface area (Å²) in [6.07, 6.45) is 0.928. The molecule has 0 aliphatic rings. The van der Waals surface area contributed by atoms with Crippen molar-refractivity contribution in [1.82, 2.24) is 4.90 Å². The molecule has 3 nitrogen and oxygen atoms in total. The minimum absolute atomic E-state index is 0.0409. The molecule has 1 amide bonds. The fourth-order valence-electron chi connectivity index (χ4n) is 2.40. The van der Waals surface area contributed by atoms with Crippen molar-refractivity contribution >= 4 is 5.91 Å². The molecule has 1 unspecified atom stereocenters. The standard InChI is InChI=1S/C20H25NO2/c1-3-17(2)21(14-18-10-6-4-7-11-18)20(22)16-23-15-19-12-8-5-9-13-19/h4-13,17H,3,14-16H2,1-2H3. The summed E-state index contributed by atoms with van der Waals surface area (Å²) in [5, 5.41) is 0. The van der Waals surface area contributed by atoms with Crippen molar-refractivity contribution in [1.29, 1.82) is 0 Å². The Balaban J connectivity index is 1.91. The summed E-state index contributed by atoms with van der Waals surface area (Å²) in [7, 11) is 0. The van der Waals surface area contributed by atoms with E-state index < -0.39 is 0 Å². The van der Waals surface area contributed by atoms with Gasteiger partial charge in [-0.1, -0.05) is 67.6 Å². The first-order valence-corrected chi connectivity index (χ1v) is 8.15. The Bertz CT molecular complexity index is 583. The average Bonchev–Trinajstić information content (AvgIpc) is 2.60. The van der Waals surface area contributed by atoms with Gasteiger partial charge in [0, 0.05) is 12.6 Å².